The van der Waals surface area contributed by atoms with E-state index in [4.69, 9.17) is 0 Å². The number of nitrogens with zero attached hydrogens (tertiary/aromatic N) is 1. The molecule has 0 saturated heterocycles. The molecular weight excluding hydrogens is 242 g/mol. The van der Waals surface area contributed by atoms with Crippen LogP contribution < -0.4 is 4.57 Å². The number of para-hydroxylation sites is 1. The van der Waals surface area contributed by atoms with Crippen molar-refractivity contribution in [3.63, 3.8) is 0 Å². The molecule has 1 heterocycles. The summed E-state index contributed by atoms with van der Waals surface area (Å²) >= 11 is 0. The van der Waals surface area contributed by atoms with Gasteiger partial charge in [-0.25, -0.2) is 0 Å². The second-order valence-corrected chi connectivity index (χ2v) is 5.56. The number of hydrogen-bond donors (Lipinski definition) is 0. The molecule has 0 saturated carbocycles. The first-order valence-corrected chi connectivity index (χ1v) is 7.18. The normalized spacial score (nSPS) is 11.2. The van der Waals surface area contributed by atoms with Crippen molar-refractivity contribution in [1.82, 2.24) is 0 Å². The van der Waals surface area contributed by atoms with Gasteiger partial charge in [-0.2, -0.15) is 4.57 Å². The van der Waals surface area contributed by atoms with Gasteiger partial charge in [0.05, 0.1) is 0 Å². The van der Waals surface area contributed by atoms with E-state index in [9.17, 15) is 0 Å². The Balaban J connectivity index is 2.37. The number of aryl methyl sites for hydroxylation is 1. The fourth-order valence-electron chi connectivity index (χ4n) is 2.86. The van der Waals surface area contributed by atoms with Gasteiger partial charge in [-0.05, 0) is 44.5 Å². The van der Waals surface area contributed by atoms with Crippen LogP contribution in [0.15, 0.2) is 60.7 Å². The zero-order chi connectivity index (χ0) is 14.1. The minimum Gasteiger partial charge on any atom is -0.189 e. The molecule has 0 aliphatic carbocycles. The Morgan fingerprint density at radius 3 is 2.25 bits per heavy atom. The summed E-state index contributed by atoms with van der Waals surface area (Å²) in [5.74, 6) is 0. The molecule has 0 aliphatic heterocycles. The number of aromatic nitrogens is 1. The summed E-state index contributed by atoms with van der Waals surface area (Å²) in [5, 5.41) is 1.29. The zero-order valence-electron chi connectivity index (χ0n) is 12.3. The van der Waals surface area contributed by atoms with Crippen molar-refractivity contribution in [3.8, 4) is 11.3 Å². The molecule has 0 amide bonds. The van der Waals surface area contributed by atoms with Crippen LogP contribution in [0.4, 0.5) is 0 Å². The SMILES string of the molecule is Cc1ccccc1-c1ccc2ccccc2[n+]1C(C)C. The summed E-state index contributed by atoms with van der Waals surface area (Å²) in [6, 6.07) is 22.1. The predicted octanol–water partition coefficient (Wildman–Crippen LogP) is 4.68. The predicted molar refractivity (Wildman–Crippen MR) is 84.7 cm³/mol. The lowest BCUT2D eigenvalue weighted by molar-refractivity contribution is -0.680. The quantitative estimate of drug-likeness (QED) is 0.590. The second-order valence-electron chi connectivity index (χ2n) is 5.56. The number of fused-ring (bicyclic) bond motifs is 1. The second kappa shape index (κ2) is 5.09. The molecule has 0 aliphatic rings. The number of rotatable bonds is 2. The zero-order valence-corrected chi connectivity index (χ0v) is 12.3. The van der Waals surface area contributed by atoms with Crippen LogP contribution in [0.25, 0.3) is 22.2 Å². The lowest BCUT2D eigenvalue weighted by atomic mass is 10.0. The highest BCUT2D eigenvalue weighted by atomic mass is 15.0. The maximum atomic E-state index is 2.43. The number of pyridine rings is 1. The Kier molecular flexibility index (Phi) is 3.27. The van der Waals surface area contributed by atoms with E-state index < -0.39 is 0 Å². The lowest BCUT2D eigenvalue weighted by Gasteiger charge is -2.11. The van der Waals surface area contributed by atoms with Gasteiger partial charge in [0.2, 0.25) is 11.2 Å². The minimum absolute atomic E-state index is 0.427. The topological polar surface area (TPSA) is 3.88 Å². The van der Waals surface area contributed by atoms with E-state index in [2.05, 4.69) is 86.0 Å². The Morgan fingerprint density at radius 1 is 0.800 bits per heavy atom. The van der Waals surface area contributed by atoms with Crippen LogP contribution in [0.5, 0.6) is 0 Å². The summed E-state index contributed by atoms with van der Waals surface area (Å²) in [6.07, 6.45) is 0. The summed E-state index contributed by atoms with van der Waals surface area (Å²) in [5.41, 5.74) is 5.21. The molecule has 0 N–H and O–H groups in total. The molecule has 100 valence electrons. The highest BCUT2D eigenvalue weighted by Crippen LogP contribution is 2.24. The molecule has 0 fully saturated rings. The average Bonchev–Trinajstić information content (AvgIpc) is 2.46. The van der Waals surface area contributed by atoms with Crippen LogP contribution in [-0.2, 0) is 0 Å². The van der Waals surface area contributed by atoms with E-state index in [1.54, 1.807) is 0 Å². The Bertz CT molecular complexity index is 757. The van der Waals surface area contributed by atoms with Crippen molar-refractivity contribution >= 4 is 10.9 Å². The largest absolute Gasteiger partial charge is 0.213 e. The molecule has 1 aromatic heterocycles. The van der Waals surface area contributed by atoms with Crippen molar-refractivity contribution in [3.05, 3.63) is 66.2 Å². The van der Waals surface area contributed by atoms with Gasteiger partial charge in [-0.15, -0.1) is 0 Å². The lowest BCUT2D eigenvalue weighted by Crippen LogP contribution is -2.39. The van der Waals surface area contributed by atoms with E-state index in [1.807, 2.05) is 0 Å². The summed E-state index contributed by atoms with van der Waals surface area (Å²) in [4.78, 5) is 0. The van der Waals surface area contributed by atoms with Gasteiger partial charge in [0.15, 0.2) is 6.04 Å². The van der Waals surface area contributed by atoms with Crippen LogP contribution in [0.2, 0.25) is 0 Å². The van der Waals surface area contributed by atoms with Crippen LogP contribution in [0, 0.1) is 6.92 Å². The molecule has 0 bridgehead atoms. The molecule has 0 atom stereocenters. The Labute approximate surface area is 120 Å². The maximum absolute atomic E-state index is 2.43. The minimum atomic E-state index is 0.427. The van der Waals surface area contributed by atoms with Gasteiger partial charge in [0, 0.05) is 23.1 Å². The average molecular weight is 262 g/mol. The van der Waals surface area contributed by atoms with Crippen molar-refractivity contribution in [2.75, 3.05) is 0 Å². The van der Waals surface area contributed by atoms with Crippen LogP contribution in [0.1, 0.15) is 25.5 Å². The van der Waals surface area contributed by atoms with E-state index in [1.165, 1.54) is 27.7 Å². The smallest absolute Gasteiger partial charge is 0.189 e. The first kappa shape index (κ1) is 12.9. The molecule has 2 aromatic carbocycles. The van der Waals surface area contributed by atoms with Crippen molar-refractivity contribution in [2.24, 2.45) is 0 Å². The first-order chi connectivity index (χ1) is 9.68. The Morgan fingerprint density at radius 2 is 1.50 bits per heavy atom. The molecule has 1 nitrogen and oxygen atoms in total. The van der Waals surface area contributed by atoms with Gasteiger partial charge in [0.1, 0.15) is 0 Å². The van der Waals surface area contributed by atoms with Crippen LogP contribution in [0.3, 0.4) is 0 Å². The van der Waals surface area contributed by atoms with E-state index in [-0.39, 0.29) is 0 Å². The third-order valence-electron chi connectivity index (χ3n) is 3.81. The highest BCUT2D eigenvalue weighted by Gasteiger charge is 2.20. The molecule has 1 heteroatoms. The molecule has 0 radical (unpaired) electrons. The van der Waals surface area contributed by atoms with E-state index in [0.29, 0.717) is 6.04 Å². The molecule has 3 aromatic rings. The molecular formula is C19H20N+. The fraction of sp³-hybridized carbons (Fsp3) is 0.211. The Hall–Kier alpha value is -2.15. The van der Waals surface area contributed by atoms with E-state index >= 15 is 0 Å². The summed E-state index contributed by atoms with van der Waals surface area (Å²) < 4.78 is 2.43. The highest BCUT2D eigenvalue weighted by molar-refractivity contribution is 5.77. The van der Waals surface area contributed by atoms with E-state index in [0.717, 1.165) is 0 Å². The van der Waals surface area contributed by atoms with Gasteiger partial charge < -0.3 is 0 Å². The first-order valence-electron chi connectivity index (χ1n) is 7.18. The molecule has 3 rings (SSSR count). The maximum Gasteiger partial charge on any atom is 0.213 e. The number of benzene rings is 2. The summed E-state index contributed by atoms with van der Waals surface area (Å²) in [6.45, 7) is 6.66. The van der Waals surface area contributed by atoms with Crippen LogP contribution in [-0.4, -0.2) is 0 Å². The summed E-state index contributed by atoms with van der Waals surface area (Å²) in [7, 11) is 0. The van der Waals surface area contributed by atoms with Gasteiger partial charge in [-0.3, -0.25) is 0 Å². The monoisotopic (exact) mass is 262 g/mol. The third kappa shape index (κ3) is 2.09. The third-order valence-corrected chi connectivity index (χ3v) is 3.81. The van der Waals surface area contributed by atoms with Crippen LogP contribution >= 0.6 is 0 Å². The van der Waals surface area contributed by atoms with Crippen molar-refractivity contribution < 1.29 is 4.57 Å². The van der Waals surface area contributed by atoms with Gasteiger partial charge >= 0.3 is 0 Å². The van der Waals surface area contributed by atoms with Crippen molar-refractivity contribution in [1.29, 1.82) is 0 Å². The molecule has 20 heavy (non-hydrogen) atoms. The van der Waals surface area contributed by atoms with Crippen molar-refractivity contribution in [2.45, 2.75) is 26.8 Å². The number of hydrogen-bond acceptors (Lipinski definition) is 0. The standard InChI is InChI=1S/C19H20N/c1-14(2)20-18-11-7-5-9-16(18)12-13-19(20)17-10-6-4-8-15(17)3/h4-14H,1-3H3/q+1. The van der Waals surface area contributed by atoms with Gasteiger partial charge in [0.25, 0.3) is 0 Å². The molecule has 0 unspecified atom stereocenters. The van der Waals surface area contributed by atoms with Gasteiger partial charge in [-0.1, -0.05) is 30.3 Å². The fourth-order valence-corrected chi connectivity index (χ4v) is 2.86. The molecule has 0 spiro atoms.